The van der Waals surface area contributed by atoms with Crippen LogP contribution in [0.3, 0.4) is 0 Å². The van der Waals surface area contributed by atoms with E-state index < -0.39 is 5.97 Å². The summed E-state index contributed by atoms with van der Waals surface area (Å²) < 4.78 is 1.90. The van der Waals surface area contributed by atoms with E-state index in [9.17, 15) is 4.79 Å². The summed E-state index contributed by atoms with van der Waals surface area (Å²) in [4.78, 5) is 20.1. The molecule has 1 aromatic carbocycles. The van der Waals surface area contributed by atoms with Crippen molar-refractivity contribution in [3.8, 4) is 6.07 Å². The van der Waals surface area contributed by atoms with E-state index >= 15 is 0 Å². The van der Waals surface area contributed by atoms with E-state index in [2.05, 4.69) is 15.3 Å². The minimum atomic E-state index is -0.973. The van der Waals surface area contributed by atoms with Gasteiger partial charge in [0.15, 0.2) is 5.13 Å². The maximum Gasteiger partial charge on any atom is 0.335 e. The number of hydrogen-bond acceptors (Lipinski definition) is 6. The van der Waals surface area contributed by atoms with E-state index in [-0.39, 0.29) is 5.56 Å². The topological polar surface area (TPSA) is 104 Å². The molecule has 0 aliphatic heterocycles. The average molecular weight is 313 g/mol. The lowest BCUT2D eigenvalue weighted by molar-refractivity contribution is 0.0697. The molecule has 2 aromatic heterocycles. The standard InChI is InChI=1S/C14H11N5O2S/c1-19-11-3-2-8(13(20)21)4-10(11)18-12(19)7-17-14-16-6-9(5-15)22-14/h2-4,6H,7H2,1H3,(H,16,17)(H,20,21). The second-order valence-corrected chi connectivity index (χ2v) is 5.62. The van der Waals surface area contributed by atoms with Crippen LogP contribution in [-0.4, -0.2) is 25.6 Å². The van der Waals surface area contributed by atoms with Gasteiger partial charge in [0, 0.05) is 7.05 Å². The van der Waals surface area contributed by atoms with Crippen molar-refractivity contribution in [2.75, 3.05) is 5.32 Å². The first kappa shape index (κ1) is 14.0. The monoisotopic (exact) mass is 313 g/mol. The van der Waals surface area contributed by atoms with E-state index in [1.54, 1.807) is 18.2 Å². The number of hydrogen-bond donors (Lipinski definition) is 2. The number of imidazole rings is 1. The lowest BCUT2D eigenvalue weighted by Crippen LogP contribution is -2.05. The highest BCUT2D eigenvalue weighted by atomic mass is 32.1. The van der Waals surface area contributed by atoms with Gasteiger partial charge in [0.1, 0.15) is 16.8 Å². The van der Waals surface area contributed by atoms with E-state index in [1.807, 2.05) is 17.7 Å². The van der Waals surface area contributed by atoms with Crippen LogP contribution in [0.25, 0.3) is 11.0 Å². The van der Waals surface area contributed by atoms with Crippen LogP contribution >= 0.6 is 11.3 Å². The molecule has 110 valence electrons. The average Bonchev–Trinajstić information content (AvgIpc) is 3.09. The van der Waals surface area contributed by atoms with Gasteiger partial charge in [-0.05, 0) is 18.2 Å². The predicted molar refractivity (Wildman–Crippen MR) is 81.8 cm³/mol. The Morgan fingerprint density at radius 3 is 3.05 bits per heavy atom. The molecule has 0 unspecified atom stereocenters. The predicted octanol–water partition coefficient (Wildman–Crippen LogP) is 2.21. The molecule has 22 heavy (non-hydrogen) atoms. The molecule has 0 bridgehead atoms. The first-order chi connectivity index (χ1) is 10.6. The molecule has 8 heteroatoms. The van der Waals surface area contributed by atoms with Crippen LogP contribution in [0.1, 0.15) is 21.1 Å². The number of anilines is 1. The molecule has 0 amide bonds. The quantitative estimate of drug-likeness (QED) is 0.765. The lowest BCUT2D eigenvalue weighted by Gasteiger charge is -2.03. The zero-order valence-corrected chi connectivity index (χ0v) is 12.4. The summed E-state index contributed by atoms with van der Waals surface area (Å²) in [5.41, 5.74) is 1.71. The number of aromatic nitrogens is 3. The SMILES string of the molecule is Cn1c(CNc2ncc(C#N)s2)nc2cc(C(=O)O)ccc21. The van der Waals surface area contributed by atoms with Gasteiger partial charge in [-0.15, -0.1) is 0 Å². The lowest BCUT2D eigenvalue weighted by atomic mass is 10.2. The minimum Gasteiger partial charge on any atom is -0.478 e. The van der Waals surface area contributed by atoms with Crippen LogP contribution in [0.5, 0.6) is 0 Å². The summed E-state index contributed by atoms with van der Waals surface area (Å²) in [6.45, 7) is 0.436. The van der Waals surface area contributed by atoms with Crippen molar-refractivity contribution >= 4 is 33.5 Å². The fraction of sp³-hybridized carbons (Fsp3) is 0.143. The molecule has 0 aliphatic carbocycles. The van der Waals surface area contributed by atoms with Crippen LogP contribution in [0.2, 0.25) is 0 Å². The number of aromatic carboxylic acids is 1. The van der Waals surface area contributed by atoms with E-state index in [0.717, 1.165) is 11.3 Å². The number of rotatable bonds is 4. The van der Waals surface area contributed by atoms with Gasteiger partial charge >= 0.3 is 5.97 Å². The van der Waals surface area contributed by atoms with Gasteiger partial charge in [-0.25, -0.2) is 14.8 Å². The first-order valence-electron chi connectivity index (χ1n) is 6.37. The molecule has 0 spiro atoms. The Morgan fingerprint density at radius 1 is 1.55 bits per heavy atom. The zero-order valence-electron chi connectivity index (χ0n) is 11.6. The normalized spacial score (nSPS) is 10.5. The highest BCUT2D eigenvalue weighted by Crippen LogP contribution is 2.20. The Balaban J connectivity index is 1.86. The van der Waals surface area contributed by atoms with Gasteiger partial charge in [0.2, 0.25) is 0 Å². The van der Waals surface area contributed by atoms with Crippen molar-refractivity contribution in [3.63, 3.8) is 0 Å². The molecule has 2 heterocycles. The fourth-order valence-electron chi connectivity index (χ4n) is 2.10. The number of nitriles is 1. The molecular formula is C14H11N5O2S. The van der Waals surface area contributed by atoms with Crippen molar-refractivity contribution in [2.24, 2.45) is 7.05 Å². The molecule has 3 rings (SSSR count). The van der Waals surface area contributed by atoms with Gasteiger partial charge in [0.05, 0.1) is 29.3 Å². The highest BCUT2D eigenvalue weighted by Gasteiger charge is 2.11. The Hall–Kier alpha value is -2.92. The van der Waals surface area contributed by atoms with Crippen molar-refractivity contribution in [2.45, 2.75) is 6.54 Å². The summed E-state index contributed by atoms with van der Waals surface area (Å²) in [6.07, 6.45) is 1.51. The largest absolute Gasteiger partial charge is 0.478 e. The second-order valence-electron chi connectivity index (χ2n) is 4.59. The van der Waals surface area contributed by atoms with Crippen molar-refractivity contribution in [1.82, 2.24) is 14.5 Å². The molecule has 0 radical (unpaired) electrons. The maximum absolute atomic E-state index is 11.0. The number of nitrogens with one attached hydrogen (secondary N) is 1. The third-order valence-corrected chi connectivity index (χ3v) is 4.09. The molecule has 0 aliphatic rings. The smallest absolute Gasteiger partial charge is 0.335 e. The number of carboxylic acid groups (broad SMARTS) is 1. The van der Waals surface area contributed by atoms with Gasteiger partial charge in [-0.1, -0.05) is 11.3 Å². The molecular weight excluding hydrogens is 302 g/mol. The number of carboxylic acids is 1. The fourth-order valence-corrected chi connectivity index (χ4v) is 2.71. The Kier molecular flexibility index (Phi) is 3.48. The molecule has 3 aromatic rings. The summed E-state index contributed by atoms with van der Waals surface area (Å²) >= 11 is 1.27. The third kappa shape index (κ3) is 2.49. The van der Waals surface area contributed by atoms with Crippen molar-refractivity contribution in [1.29, 1.82) is 5.26 Å². The zero-order chi connectivity index (χ0) is 15.7. The number of aryl methyl sites for hydroxylation is 1. The minimum absolute atomic E-state index is 0.212. The van der Waals surface area contributed by atoms with Crippen LogP contribution in [0, 0.1) is 11.3 Å². The number of thiazole rings is 1. The first-order valence-corrected chi connectivity index (χ1v) is 7.18. The van der Waals surface area contributed by atoms with Gasteiger partial charge < -0.3 is 15.0 Å². The number of carbonyl (C=O) groups is 1. The molecule has 0 fully saturated rings. The Bertz CT molecular complexity index is 906. The van der Waals surface area contributed by atoms with Crippen LogP contribution in [0.15, 0.2) is 24.4 Å². The number of benzene rings is 1. The molecule has 0 saturated carbocycles. The van der Waals surface area contributed by atoms with Crippen LogP contribution < -0.4 is 5.32 Å². The summed E-state index contributed by atoms with van der Waals surface area (Å²) in [5, 5.41) is 21.6. The summed E-state index contributed by atoms with van der Waals surface area (Å²) in [5.74, 6) is -0.217. The molecule has 2 N–H and O–H groups in total. The van der Waals surface area contributed by atoms with Gasteiger partial charge in [-0.2, -0.15) is 5.26 Å². The van der Waals surface area contributed by atoms with Crippen LogP contribution in [-0.2, 0) is 13.6 Å². The number of fused-ring (bicyclic) bond motifs is 1. The maximum atomic E-state index is 11.0. The molecule has 0 atom stereocenters. The number of nitrogens with zero attached hydrogens (tertiary/aromatic N) is 4. The third-order valence-electron chi connectivity index (χ3n) is 3.23. The van der Waals surface area contributed by atoms with E-state index in [0.29, 0.717) is 22.1 Å². The van der Waals surface area contributed by atoms with E-state index in [4.69, 9.17) is 10.4 Å². The van der Waals surface area contributed by atoms with E-state index in [1.165, 1.54) is 17.5 Å². The van der Waals surface area contributed by atoms with Crippen LogP contribution in [0.4, 0.5) is 5.13 Å². The molecule has 0 saturated heterocycles. The van der Waals surface area contributed by atoms with Crippen molar-refractivity contribution in [3.05, 3.63) is 40.7 Å². The second kappa shape index (κ2) is 5.46. The van der Waals surface area contributed by atoms with Gasteiger partial charge in [0.25, 0.3) is 0 Å². The molecule has 7 nitrogen and oxygen atoms in total. The van der Waals surface area contributed by atoms with Crippen molar-refractivity contribution < 1.29 is 9.90 Å². The Morgan fingerprint density at radius 2 is 2.36 bits per heavy atom. The Labute approximate surface area is 129 Å². The highest BCUT2D eigenvalue weighted by molar-refractivity contribution is 7.16. The summed E-state index contributed by atoms with van der Waals surface area (Å²) in [7, 11) is 1.87. The summed E-state index contributed by atoms with van der Waals surface area (Å²) in [6, 6.07) is 6.89. The van der Waals surface area contributed by atoms with Gasteiger partial charge in [-0.3, -0.25) is 0 Å².